The van der Waals surface area contributed by atoms with Gasteiger partial charge in [0.05, 0.1) is 25.0 Å². The van der Waals surface area contributed by atoms with Crippen LogP contribution >= 0.6 is 11.3 Å². The normalized spacial score (nSPS) is 31.2. The van der Waals surface area contributed by atoms with Crippen LogP contribution in [0.4, 0.5) is 5.13 Å². The van der Waals surface area contributed by atoms with E-state index in [1.807, 2.05) is 6.92 Å². The number of amides is 2. The lowest BCUT2D eigenvalue weighted by atomic mass is 9.53. The van der Waals surface area contributed by atoms with E-state index in [1.165, 1.54) is 4.88 Å². The van der Waals surface area contributed by atoms with Crippen LogP contribution in [0.15, 0.2) is 0 Å². The summed E-state index contributed by atoms with van der Waals surface area (Å²) in [5.41, 5.74) is 0.871. The molecule has 1 saturated carbocycles. The zero-order valence-corrected chi connectivity index (χ0v) is 24.2. The first kappa shape index (κ1) is 28.5. The molecule has 0 bridgehead atoms. The summed E-state index contributed by atoms with van der Waals surface area (Å²) in [6, 6.07) is 0. The first-order valence-corrected chi connectivity index (χ1v) is 14.7. The number of rotatable bonds is 7. The highest BCUT2D eigenvalue weighted by molar-refractivity contribution is 7.15. The predicted octanol–water partition coefficient (Wildman–Crippen LogP) is 3.66. The van der Waals surface area contributed by atoms with Crippen molar-refractivity contribution in [1.29, 1.82) is 0 Å². The number of ether oxygens (including phenoxy) is 1. The number of thiazole rings is 1. The second-order valence-electron chi connectivity index (χ2n) is 13.0. The van der Waals surface area contributed by atoms with E-state index in [4.69, 9.17) is 9.72 Å². The van der Waals surface area contributed by atoms with Gasteiger partial charge in [0.15, 0.2) is 5.13 Å². The van der Waals surface area contributed by atoms with Gasteiger partial charge in [0.2, 0.25) is 11.8 Å². The molecule has 0 radical (unpaired) electrons. The molecule has 1 saturated heterocycles. The molecule has 3 aliphatic rings. The molecule has 1 aromatic rings. The zero-order valence-electron chi connectivity index (χ0n) is 23.4. The molecule has 37 heavy (non-hydrogen) atoms. The molecule has 6 atom stereocenters. The van der Waals surface area contributed by atoms with Gasteiger partial charge < -0.3 is 20.5 Å². The van der Waals surface area contributed by atoms with Crippen molar-refractivity contribution in [1.82, 2.24) is 15.2 Å². The Kier molecular flexibility index (Phi) is 8.68. The fraction of sp³-hybridized carbons (Fsp3) is 0.821. The minimum absolute atomic E-state index is 0.0107. The topological polar surface area (TPSA) is 104 Å². The number of aliphatic hydroxyl groups excluding tert-OH is 1. The van der Waals surface area contributed by atoms with E-state index in [1.54, 1.807) is 11.3 Å². The largest absolute Gasteiger partial charge is 0.392 e. The van der Waals surface area contributed by atoms with Gasteiger partial charge in [-0.1, -0.05) is 41.5 Å². The van der Waals surface area contributed by atoms with Gasteiger partial charge in [-0.25, -0.2) is 4.98 Å². The van der Waals surface area contributed by atoms with Gasteiger partial charge in [0, 0.05) is 49.3 Å². The van der Waals surface area contributed by atoms with E-state index in [9.17, 15) is 14.7 Å². The lowest BCUT2D eigenvalue weighted by Crippen LogP contribution is -2.53. The first-order valence-electron chi connectivity index (χ1n) is 13.9. The Labute approximate surface area is 225 Å². The van der Waals surface area contributed by atoms with Crippen LogP contribution in [0.1, 0.15) is 77.3 Å². The fourth-order valence-corrected chi connectivity index (χ4v) is 8.04. The highest BCUT2D eigenvalue weighted by Crippen LogP contribution is 2.57. The van der Waals surface area contributed by atoms with Crippen LogP contribution in [0.25, 0.3) is 0 Å². The number of fused-ring (bicyclic) bond motifs is 2. The summed E-state index contributed by atoms with van der Waals surface area (Å²) in [5, 5.41) is 18.4. The molecule has 0 unspecified atom stereocenters. The number of hydrogen-bond donors (Lipinski definition) is 3. The lowest BCUT2D eigenvalue weighted by Gasteiger charge is -2.53. The molecular formula is C28H46N4O4S. The highest BCUT2D eigenvalue weighted by Gasteiger charge is 2.53. The number of nitrogens with one attached hydrogen (secondary N) is 2. The molecular weight excluding hydrogens is 488 g/mol. The number of aliphatic hydroxyl groups is 1. The van der Waals surface area contributed by atoms with Crippen molar-refractivity contribution in [3.05, 3.63) is 10.6 Å². The molecule has 2 fully saturated rings. The number of carbonyl (C=O) groups is 2. The second kappa shape index (κ2) is 11.3. The van der Waals surface area contributed by atoms with Gasteiger partial charge in [-0.3, -0.25) is 14.5 Å². The first-order chi connectivity index (χ1) is 17.4. The standard InChI is InChI=1S/C28H46N4O4S/c1-17(25(35)29-9-10-32-11-13-36-14-12-32)19-7-8-28(6)15-20-23(18(2)22(28)24(19)34)31-26(37-20)30-21(33)16-27(3,4)5/h17-19,22,24,34H,7-16H2,1-6H3,(H,29,35)(H,30,31,33)/t17-,18-,19-,22+,24-,28+/m0/s1. The number of anilines is 1. The van der Waals surface area contributed by atoms with Crippen molar-refractivity contribution in [3.63, 3.8) is 0 Å². The summed E-state index contributed by atoms with van der Waals surface area (Å²) in [6.07, 6.45) is 2.54. The van der Waals surface area contributed by atoms with Crippen LogP contribution < -0.4 is 10.6 Å². The maximum absolute atomic E-state index is 13.0. The van der Waals surface area contributed by atoms with E-state index >= 15 is 0 Å². The summed E-state index contributed by atoms with van der Waals surface area (Å²) in [5.74, 6) is -0.211. The predicted molar refractivity (Wildman–Crippen MR) is 147 cm³/mol. The molecule has 4 rings (SSSR count). The fourth-order valence-electron chi connectivity index (χ4n) is 6.76. The molecule has 0 spiro atoms. The van der Waals surface area contributed by atoms with E-state index in [0.717, 1.165) is 57.8 Å². The van der Waals surface area contributed by atoms with Gasteiger partial charge in [-0.15, -0.1) is 11.3 Å². The van der Waals surface area contributed by atoms with Crippen LogP contribution in [0.3, 0.4) is 0 Å². The Morgan fingerprint density at radius 3 is 2.68 bits per heavy atom. The average molecular weight is 535 g/mol. The minimum Gasteiger partial charge on any atom is -0.392 e. The molecule has 0 aromatic carbocycles. The molecule has 2 amide bonds. The average Bonchev–Trinajstić information content (AvgIpc) is 3.19. The molecule has 2 aliphatic carbocycles. The third kappa shape index (κ3) is 6.54. The van der Waals surface area contributed by atoms with E-state index < -0.39 is 6.10 Å². The number of hydrogen-bond acceptors (Lipinski definition) is 7. The maximum atomic E-state index is 13.0. The molecule has 3 N–H and O–H groups in total. The van der Waals surface area contributed by atoms with Crippen LogP contribution in [0, 0.1) is 28.6 Å². The quantitative estimate of drug-likeness (QED) is 0.493. The van der Waals surface area contributed by atoms with Gasteiger partial charge in [-0.2, -0.15) is 0 Å². The third-order valence-electron chi connectivity index (χ3n) is 8.75. The van der Waals surface area contributed by atoms with Crippen molar-refractivity contribution in [2.75, 3.05) is 44.7 Å². The number of carbonyl (C=O) groups excluding carboxylic acids is 2. The minimum atomic E-state index is -0.567. The van der Waals surface area contributed by atoms with Crippen LogP contribution in [0.5, 0.6) is 0 Å². The summed E-state index contributed by atoms with van der Waals surface area (Å²) >= 11 is 1.58. The van der Waals surface area contributed by atoms with Crippen molar-refractivity contribution in [2.45, 2.75) is 79.2 Å². The SMILES string of the molecule is C[C@H](C(=O)NCCN1CCOCC1)[C@@H]1CC[C@]2(C)Cc3sc(NC(=O)CC(C)(C)C)nc3[C@@H](C)[C@@H]2[C@H]1O. The van der Waals surface area contributed by atoms with E-state index in [2.05, 4.69) is 50.2 Å². The van der Waals surface area contributed by atoms with Crippen molar-refractivity contribution in [2.24, 2.45) is 28.6 Å². The number of morpholine rings is 1. The van der Waals surface area contributed by atoms with Gasteiger partial charge in [-0.05, 0) is 41.9 Å². The van der Waals surface area contributed by atoms with Crippen LogP contribution in [-0.2, 0) is 20.7 Å². The molecule has 9 heteroatoms. The summed E-state index contributed by atoms with van der Waals surface area (Å²) < 4.78 is 5.39. The van der Waals surface area contributed by atoms with Gasteiger partial charge >= 0.3 is 0 Å². The molecule has 1 aromatic heterocycles. The Balaban J connectivity index is 1.40. The van der Waals surface area contributed by atoms with Crippen molar-refractivity contribution >= 4 is 28.3 Å². The summed E-state index contributed by atoms with van der Waals surface area (Å²) in [4.78, 5) is 33.9. The summed E-state index contributed by atoms with van der Waals surface area (Å²) in [6.45, 7) is 17.3. The monoisotopic (exact) mass is 534 g/mol. The molecule has 8 nitrogen and oxygen atoms in total. The third-order valence-corrected chi connectivity index (χ3v) is 9.73. The van der Waals surface area contributed by atoms with E-state index in [-0.39, 0.29) is 46.3 Å². The number of nitrogens with zero attached hydrogens (tertiary/aromatic N) is 2. The smallest absolute Gasteiger partial charge is 0.226 e. The summed E-state index contributed by atoms with van der Waals surface area (Å²) in [7, 11) is 0. The zero-order chi connectivity index (χ0) is 27.0. The van der Waals surface area contributed by atoms with Crippen molar-refractivity contribution < 1.29 is 19.4 Å². The number of aromatic nitrogens is 1. The van der Waals surface area contributed by atoms with Crippen molar-refractivity contribution in [3.8, 4) is 0 Å². The second-order valence-corrected chi connectivity index (χ2v) is 14.1. The lowest BCUT2D eigenvalue weighted by molar-refractivity contribution is -0.134. The van der Waals surface area contributed by atoms with Crippen LogP contribution in [0.2, 0.25) is 0 Å². The molecule has 2 heterocycles. The maximum Gasteiger partial charge on any atom is 0.226 e. The highest BCUT2D eigenvalue weighted by atomic mass is 32.1. The Hall–Kier alpha value is -1.55. The van der Waals surface area contributed by atoms with Crippen LogP contribution in [-0.4, -0.2) is 72.3 Å². The Bertz CT molecular complexity index is 970. The Morgan fingerprint density at radius 1 is 1.30 bits per heavy atom. The van der Waals surface area contributed by atoms with Gasteiger partial charge in [0.1, 0.15) is 0 Å². The molecule has 208 valence electrons. The van der Waals surface area contributed by atoms with E-state index in [0.29, 0.717) is 18.1 Å². The van der Waals surface area contributed by atoms with Gasteiger partial charge in [0.25, 0.3) is 0 Å². The Morgan fingerprint density at radius 2 is 2.00 bits per heavy atom. The molecule has 1 aliphatic heterocycles.